The molecule has 1 aliphatic heterocycles. The molecule has 0 aliphatic carbocycles. The van der Waals surface area contributed by atoms with Crippen molar-refractivity contribution in [1.29, 1.82) is 0 Å². The summed E-state index contributed by atoms with van der Waals surface area (Å²) in [5.41, 5.74) is 0.0536. The summed E-state index contributed by atoms with van der Waals surface area (Å²) in [7, 11) is 0. The molecule has 1 unspecified atom stereocenters. The van der Waals surface area contributed by atoms with Crippen molar-refractivity contribution in [1.82, 2.24) is 4.90 Å². The molecule has 112 valence electrons. The van der Waals surface area contributed by atoms with Gasteiger partial charge in [-0.1, -0.05) is 6.92 Å². The lowest BCUT2D eigenvalue weighted by Crippen LogP contribution is -2.27. The first-order valence-electron chi connectivity index (χ1n) is 7.24. The monoisotopic (exact) mass is 286 g/mol. The number of rotatable bonds is 4. The summed E-state index contributed by atoms with van der Waals surface area (Å²) >= 11 is 0. The maximum atomic E-state index is 13.6. The van der Waals surface area contributed by atoms with E-state index < -0.39 is 17.5 Å². The third kappa shape index (κ3) is 3.66. The van der Waals surface area contributed by atoms with Crippen LogP contribution >= 0.6 is 0 Å². The van der Waals surface area contributed by atoms with Gasteiger partial charge in [-0.25, -0.2) is 13.2 Å². The lowest BCUT2D eigenvalue weighted by Gasteiger charge is -2.20. The van der Waals surface area contributed by atoms with E-state index in [1.807, 2.05) is 0 Å². The van der Waals surface area contributed by atoms with E-state index in [9.17, 15) is 13.2 Å². The number of nitrogens with one attached hydrogen (secondary N) is 1. The molecule has 0 amide bonds. The van der Waals surface area contributed by atoms with E-state index in [1.165, 1.54) is 6.07 Å². The van der Waals surface area contributed by atoms with Crippen molar-refractivity contribution in [3.63, 3.8) is 0 Å². The van der Waals surface area contributed by atoms with Gasteiger partial charge in [-0.05, 0) is 50.9 Å². The largest absolute Gasteiger partial charge is 0.380 e. The Labute approximate surface area is 118 Å². The lowest BCUT2D eigenvalue weighted by atomic mass is 10.1. The molecule has 1 atom stereocenters. The van der Waals surface area contributed by atoms with E-state index in [4.69, 9.17) is 0 Å². The average molecular weight is 286 g/mol. The Morgan fingerprint density at radius 2 is 1.95 bits per heavy atom. The van der Waals surface area contributed by atoms with Crippen molar-refractivity contribution in [2.24, 2.45) is 0 Å². The van der Waals surface area contributed by atoms with Crippen molar-refractivity contribution in [3.8, 4) is 0 Å². The van der Waals surface area contributed by atoms with Gasteiger partial charge in [0.25, 0.3) is 0 Å². The number of hydrogen-bond acceptors (Lipinski definition) is 2. The zero-order chi connectivity index (χ0) is 14.5. The minimum absolute atomic E-state index is 0.0536. The highest BCUT2D eigenvalue weighted by Gasteiger charge is 2.19. The number of benzene rings is 1. The van der Waals surface area contributed by atoms with Crippen LogP contribution in [0.5, 0.6) is 0 Å². The Morgan fingerprint density at radius 1 is 1.15 bits per heavy atom. The van der Waals surface area contributed by atoms with Crippen LogP contribution in [-0.4, -0.2) is 30.6 Å². The maximum Gasteiger partial charge on any atom is 0.196 e. The third-order valence-electron chi connectivity index (χ3n) is 3.76. The van der Waals surface area contributed by atoms with E-state index in [1.54, 1.807) is 0 Å². The highest BCUT2D eigenvalue weighted by atomic mass is 19.2. The summed E-state index contributed by atoms with van der Waals surface area (Å²) in [4.78, 5) is 2.39. The van der Waals surface area contributed by atoms with Crippen LogP contribution < -0.4 is 5.32 Å². The Balaban J connectivity index is 1.98. The summed E-state index contributed by atoms with van der Waals surface area (Å²) in [6.45, 7) is 5.23. The van der Waals surface area contributed by atoms with Crippen LogP contribution in [0.15, 0.2) is 12.1 Å². The van der Waals surface area contributed by atoms with Gasteiger partial charge in [0.05, 0.1) is 5.69 Å². The lowest BCUT2D eigenvalue weighted by molar-refractivity contribution is 0.285. The standard InChI is InChI=1S/C15H21F3N2/c1-2-8-20-9-3-4-11(7-10-20)19-13-6-5-12(16)14(17)15(13)18/h5-6,11,19H,2-4,7-10H2,1H3. The molecule has 20 heavy (non-hydrogen) atoms. The highest BCUT2D eigenvalue weighted by molar-refractivity contribution is 5.46. The van der Waals surface area contributed by atoms with Gasteiger partial charge >= 0.3 is 0 Å². The number of likely N-dealkylation sites (tertiary alicyclic amines) is 1. The zero-order valence-corrected chi connectivity index (χ0v) is 11.8. The minimum atomic E-state index is -1.41. The third-order valence-corrected chi connectivity index (χ3v) is 3.76. The first-order chi connectivity index (χ1) is 9.61. The van der Waals surface area contributed by atoms with Gasteiger partial charge in [-0.15, -0.1) is 0 Å². The smallest absolute Gasteiger partial charge is 0.196 e. The molecule has 0 aromatic heterocycles. The number of hydrogen-bond donors (Lipinski definition) is 1. The second-order valence-electron chi connectivity index (χ2n) is 5.34. The molecule has 1 aromatic carbocycles. The molecule has 2 rings (SSSR count). The summed E-state index contributed by atoms with van der Waals surface area (Å²) in [6, 6.07) is 2.33. The second-order valence-corrected chi connectivity index (χ2v) is 5.34. The first-order valence-corrected chi connectivity index (χ1v) is 7.24. The summed E-state index contributed by atoms with van der Waals surface area (Å²) in [5.74, 6) is -3.68. The zero-order valence-electron chi connectivity index (χ0n) is 11.8. The highest BCUT2D eigenvalue weighted by Crippen LogP contribution is 2.23. The molecule has 1 aliphatic rings. The van der Waals surface area contributed by atoms with Crippen molar-refractivity contribution < 1.29 is 13.2 Å². The molecule has 1 fully saturated rings. The molecule has 1 heterocycles. The summed E-state index contributed by atoms with van der Waals surface area (Å²) in [5, 5.41) is 3.01. The van der Waals surface area contributed by atoms with Crippen LogP contribution in [0.25, 0.3) is 0 Å². The summed E-state index contributed by atoms with van der Waals surface area (Å²) < 4.78 is 39.7. The quantitative estimate of drug-likeness (QED) is 0.847. The van der Waals surface area contributed by atoms with Crippen molar-refractivity contribution in [2.75, 3.05) is 25.0 Å². The predicted molar refractivity (Wildman–Crippen MR) is 74.3 cm³/mol. The van der Waals surface area contributed by atoms with Crippen LogP contribution in [0.3, 0.4) is 0 Å². The first kappa shape index (κ1) is 15.2. The van der Waals surface area contributed by atoms with Gasteiger partial charge in [0, 0.05) is 12.6 Å². The van der Waals surface area contributed by atoms with E-state index in [2.05, 4.69) is 17.1 Å². The van der Waals surface area contributed by atoms with Crippen LogP contribution in [0.2, 0.25) is 0 Å². The van der Waals surface area contributed by atoms with Crippen molar-refractivity contribution in [2.45, 2.75) is 38.6 Å². The average Bonchev–Trinajstić information content (AvgIpc) is 2.66. The van der Waals surface area contributed by atoms with Gasteiger partial charge in [0.1, 0.15) is 0 Å². The molecule has 0 spiro atoms. The molecule has 0 bridgehead atoms. The molecule has 0 radical (unpaired) electrons. The molecule has 5 heteroatoms. The fraction of sp³-hybridized carbons (Fsp3) is 0.600. The van der Waals surface area contributed by atoms with Crippen LogP contribution in [0, 0.1) is 17.5 Å². The molecular formula is C15H21F3N2. The predicted octanol–water partition coefficient (Wildman–Crippen LogP) is 3.78. The topological polar surface area (TPSA) is 15.3 Å². The van der Waals surface area contributed by atoms with Crippen molar-refractivity contribution in [3.05, 3.63) is 29.6 Å². The molecule has 1 N–H and O–H groups in total. The molecule has 0 saturated carbocycles. The molecule has 2 nitrogen and oxygen atoms in total. The van der Waals surface area contributed by atoms with Crippen LogP contribution in [0.1, 0.15) is 32.6 Å². The fourth-order valence-electron chi connectivity index (χ4n) is 2.70. The SMILES string of the molecule is CCCN1CCCC(Nc2ccc(F)c(F)c2F)CC1. The van der Waals surface area contributed by atoms with Gasteiger partial charge in [-0.3, -0.25) is 0 Å². The van der Waals surface area contributed by atoms with E-state index in [-0.39, 0.29) is 11.7 Å². The van der Waals surface area contributed by atoms with Crippen LogP contribution in [0.4, 0.5) is 18.9 Å². The van der Waals surface area contributed by atoms with Gasteiger partial charge < -0.3 is 10.2 Å². The molecule has 1 aromatic rings. The summed E-state index contributed by atoms with van der Waals surface area (Å²) in [6.07, 6.45) is 3.95. The normalized spacial score (nSPS) is 20.7. The maximum absolute atomic E-state index is 13.6. The van der Waals surface area contributed by atoms with E-state index in [0.717, 1.165) is 51.4 Å². The fourth-order valence-corrected chi connectivity index (χ4v) is 2.70. The Kier molecular flexibility index (Phi) is 5.29. The Bertz CT molecular complexity index is 451. The van der Waals surface area contributed by atoms with Gasteiger partial charge in [0.2, 0.25) is 0 Å². The minimum Gasteiger partial charge on any atom is -0.380 e. The molecule has 1 saturated heterocycles. The number of anilines is 1. The van der Waals surface area contributed by atoms with E-state index in [0.29, 0.717) is 0 Å². The van der Waals surface area contributed by atoms with Gasteiger partial charge in [0.15, 0.2) is 17.5 Å². The van der Waals surface area contributed by atoms with Gasteiger partial charge in [-0.2, -0.15) is 0 Å². The number of halogens is 3. The molecular weight excluding hydrogens is 265 g/mol. The van der Waals surface area contributed by atoms with Crippen LogP contribution in [-0.2, 0) is 0 Å². The number of nitrogens with zero attached hydrogens (tertiary/aromatic N) is 1. The van der Waals surface area contributed by atoms with Crippen molar-refractivity contribution >= 4 is 5.69 Å². The Hall–Kier alpha value is -1.23. The second kappa shape index (κ2) is 6.97. The Morgan fingerprint density at radius 3 is 2.70 bits per heavy atom. The van der Waals surface area contributed by atoms with E-state index >= 15 is 0 Å².